The van der Waals surface area contributed by atoms with E-state index in [4.69, 9.17) is 5.73 Å². The Hall–Kier alpha value is -1.58. The molecule has 1 amide bonds. The molecule has 1 unspecified atom stereocenters. The summed E-state index contributed by atoms with van der Waals surface area (Å²) < 4.78 is 0. The van der Waals surface area contributed by atoms with Crippen LogP contribution in [0.5, 0.6) is 0 Å². The summed E-state index contributed by atoms with van der Waals surface area (Å²) in [6.07, 6.45) is 3.17. The van der Waals surface area contributed by atoms with Crippen molar-refractivity contribution in [2.24, 2.45) is 17.6 Å². The van der Waals surface area contributed by atoms with Crippen LogP contribution in [-0.2, 0) is 4.79 Å². The van der Waals surface area contributed by atoms with Crippen LogP contribution in [-0.4, -0.2) is 12.5 Å². The summed E-state index contributed by atoms with van der Waals surface area (Å²) in [6, 6.07) is 14.7. The van der Waals surface area contributed by atoms with Gasteiger partial charge in [0.1, 0.15) is 0 Å². The first-order valence-corrected chi connectivity index (χ1v) is 8.18. The molecule has 0 aliphatic heterocycles. The van der Waals surface area contributed by atoms with E-state index < -0.39 is 0 Å². The number of amides is 1. The molecule has 0 radical (unpaired) electrons. The monoisotopic (exact) mass is 332 g/mol. The van der Waals surface area contributed by atoms with Crippen LogP contribution >= 0.6 is 12.4 Å². The van der Waals surface area contributed by atoms with Crippen LogP contribution in [0, 0.1) is 11.8 Å². The van der Waals surface area contributed by atoms with Gasteiger partial charge >= 0.3 is 0 Å². The minimum Gasteiger partial charge on any atom is -0.349 e. The minimum atomic E-state index is 0. The Balaban J connectivity index is 0.00000192. The van der Waals surface area contributed by atoms with Crippen molar-refractivity contribution in [2.45, 2.75) is 32.2 Å². The molecule has 1 fully saturated rings. The maximum atomic E-state index is 12.5. The average molecular weight is 333 g/mol. The largest absolute Gasteiger partial charge is 0.349 e. The van der Waals surface area contributed by atoms with Gasteiger partial charge in [-0.05, 0) is 54.6 Å². The zero-order chi connectivity index (χ0) is 15.5. The number of carbonyl (C=O) groups excluding carboxylic acids is 1. The molecule has 0 spiro atoms. The number of hydrogen-bond donors (Lipinski definition) is 2. The molecular weight excluding hydrogens is 308 g/mol. The molecule has 0 heterocycles. The molecule has 23 heavy (non-hydrogen) atoms. The highest BCUT2D eigenvalue weighted by Crippen LogP contribution is 2.31. The van der Waals surface area contributed by atoms with Gasteiger partial charge in [-0.25, -0.2) is 0 Å². The lowest BCUT2D eigenvalue weighted by Crippen LogP contribution is -2.36. The molecule has 2 aromatic carbocycles. The Bertz CT molecular complexity index is 673. The van der Waals surface area contributed by atoms with E-state index in [1.165, 1.54) is 10.8 Å². The number of nitrogens with two attached hydrogens (primary N) is 1. The van der Waals surface area contributed by atoms with E-state index in [9.17, 15) is 4.79 Å². The van der Waals surface area contributed by atoms with Gasteiger partial charge in [-0.1, -0.05) is 42.8 Å². The Morgan fingerprint density at radius 3 is 2.70 bits per heavy atom. The summed E-state index contributed by atoms with van der Waals surface area (Å²) >= 11 is 0. The summed E-state index contributed by atoms with van der Waals surface area (Å²) in [4.78, 5) is 12.5. The second-order valence-electron chi connectivity index (χ2n) is 6.37. The van der Waals surface area contributed by atoms with Crippen LogP contribution in [0.3, 0.4) is 0 Å². The molecule has 3 N–H and O–H groups in total. The quantitative estimate of drug-likeness (QED) is 0.894. The van der Waals surface area contributed by atoms with Crippen LogP contribution in [0.1, 0.15) is 37.8 Å². The van der Waals surface area contributed by atoms with Gasteiger partial charge in [0.2, 0.25) is 5.91 Å². The van der Waals surface area contributed by atoms with E-state index in [-0.39, 0.29) is 30.3 Å². The summed E-state index contributed by atoms with van der Waals surface area (Å²) in [6.45, 7) is 2.66. The molecule has 3 rings (SSSR count). The third-order valence-electron chi connectivity index (χ3n) is 4.93. The van der Waals surface area contributed by atoms with Crippen molar-refractivity contribution in [1.82, 2.24) is 5.32 Å². The Kier molecular flexibility index (Phi) is 6.03. The fourth-order valence-corrected chi connectivity index (χ4v) is 3.55. The number of halogens is 1. The SMILES string of the molecule is CC(NC(=O)[C@@H]1CCC[C@@H]1CN)c1ccc2ccccc2c1.Cl. The molecule has 0 bridgehead atoms. The van der Waals surface area contributed by atoms with Crippen LogP contribution in [0.15, 0.2) is 42.5 Å². The number of hydrogen-bond acceptors (Lipinski definition) is 2. The Labute approximate surface area is 144 Å². The maximum Gasteiger partial charge on any atom is 0.223 e. The number of carbonyl (C=O) groups is 1. The maximum absolute atomic E-state index is 12.5. The van der Waals surface area contributed by atoms with Crippen LogP contribution < -0.4 is 11.1 Å². The molecule has 2 aromatic rings. The molecular formula is C19H25ClN2O. The molecule has 4 heteroatoms. The first-order valence-electron chi connectivity index (χ1n) is 8.18. The van der Waals surface area contributed by atoms with E-state index >= 15 is 0 Å². The van der Waals surface area contributed by atoms with Gasteiger partial charge in [0.15, 0.2) is 0 Å². The second kappa shape index (κ2) is 7.80. The van der Waals surface area contributed by atoms with Crippen LogP contribution in [0.2, 0.25) is 0 Å². The van der Waals surface area contributed by atoms with Crippen molar-refractivity contribution in [3.63, 3.8) is 0 Å². The van der Waals surface area contributed by atoms with E-state index in [0.717, 1.165) is 24.8 Å². The average Bonchev–Trinajstić information content (AvgIpc) is 3.03. The molecule has 0 aromatic heterocycles. The van der Waals surface area contributed by atoms with Gasteiger partial charge in [-0.15, -0.1) is 12.4 Å². The van der Waals surface area contributed by atoms with Crippen molar-refractivity contribution < 1.29 is 4.79 Å². The predicted octanol–water partition coefficient (Wildman–Crippen LogP) is 3.81. The van der Waals surface area contributed by atoms with Gasteiger partial charge in [-0.3, -0.25) is 4.79 Å². The van der Waals surface area contributed by atoms with E-state index in [1.807, 2.05) is 12.1 Å². The summed E-state index contributed by atoms with van der Waals surface area (Å²) in [5.41, 5.74) is 6.93. The molecule has 1 aliphatic rings. The Morgan fingerprint density at radius 1 is 1.22 bits per heavy atom. The topological polar surface area (TPSA) is 55.1 Å². The molecule has 1 saturated carbocycles. The zero-order valence-corrected chi connectivity index (χ0v) is 14.3. The van der Waals surface area contributed by atoms with Gasteiger partial charge in [0, 0.05) is 5.92 Å². The Morgan fingerprint density at radius 2 is 1.96 bits per heavy atom. The van der Waals surface area contributed by atoms with Crippen LogP contribution in [0.25, 0.3) is 10.8 Å². The van der Waals surface area contributed by atoms with Gasteiger partial charge < -0.3 is 11.1 Å². The van der Waals surface area contributed by atoms with Crippen LogP contribution in [0.4, 0.5) is 0 Å². The highest BCUT2D eigenvalue weighted by molar-refractivity contribution is 5.85. The predicted molar refractivity (Wildman–Crippen MR) is 97.6 cm³/mol. The third kappa shape index (κ3) is 3.85. The second-order valence-corrected chi connectivity index (χ2v) is 6.37. The van der Waals surface area contributed by atoms with Gasteiger partial charge in [0.05, 0.1) is 6.04 Å². The lowest BCUT2D eigenvalue weighted by molar-refractivity contribution is -0.126. The number of rotatable bonds is 4. The zero-order valence-electron chi connectivity index (χ0n) is 13.5. The fraction of sp³-hybridized carbons (Fsp3) is 0.421. The first-order chi connectivity index (χ1) is 10.7. The highest BCUT2D eigenvalue weighted by Gasteiger charge is 2.32. The molecule has 3 atom stereocenters. The normalized spacial score (nSPS) is 21.7. The fourth-order valence-electron chi connectivity index (χ4n) is 3.55. The van der Waals surface area contributed by atoms with Crippen molar-refractivity contribution in [1.29, 1.82) is 0 Å². The van der Waals surface area contributed by atoms with Crippen molar-refractivity contribution in [3.05, 3.63) is 48.0 Å². The van der Waals surface area contributed by atoms with Crippen molar-refractivity contribution in [3.8, 4) is 0 Å². The number of benzene rings is 2. The summed E-state index contributed by atoms with van der Waals surface area (Å²) in [5.74, 6) is 0.602. The van der Waals surface area contributed by atoms with E-state index in [2.05, 4.69) is 42.6 Å². The van der Waals surface area contributed by atoms with Gasteiger partial charge in [0.25, 0.3) is 0 Å². The highest BCUT2D eigenvalue weighted by atomic mass is 35.5. The summed E-state index contributed by atoms with van der Waals surface area (Å²) in [7, 11) is 0. The molecule has 3 nitrogen and oxygen atoms in total. The minimum absolute atomic E-state index is 0. The first kappa shape index (κ1) is 17.8. The lowest BCUT2D eigenvalue weighted by atomic mass is 9.94. The van der Waals surface area contributed by atoms with Crippen molar-refractivity contribution >= 4 is 29.1 Å². The van der Waals surface area contributed by atoms with E-state index in [0.29, 0.717) is 12.5 Å². The third-order valence-corrected chi connectivity index (χ3v) is 4.93. The lowest BCUT2D eigenvalue weighted by Gasteiger charge is -2.21. The summed E-state index contributed by atoms with van der Waals surface area (Å²) in [5, 5.41) is 5.61. The van der Waals surface area contributed by atoms with Gasteiger partial charge in [-0.2, -0.15) is 0 Å². The smallest absolute Gasteiger partial charge is 0.223 e. The number of fused-ring (bicyclic) bond motifs is 1. The molecule has 124 valence electrons. The van der Waals surface area contributed by atoms with Crippen molar-refractivity contribution in [2.75, 3.05) is 6.54 Å². The molecule has 0 saturated heterocycles. The number of nitrogens with one attached hydrogen (secondary N) is 1. The standard InChI is InChI=1S/C19H24N2O.ClH/c1-13(21-19(22)18-8-4-7-17(18)12-20)15-10-9-14-5-2-3-6-16(14)11-15;/h2-3,5-6,9-11,13,17-18H,4,7-8,12,20H2,1H3,(H,21,22);1H/t13?,17-,18-;/m1./s1. The molecule has 1 aliphatic carbocycles. The van der Waals surface area contributed by atoms with E-state index in [1.54, 1.807) is 0 Å².